The van der Waals surface area contributed by atoms with E-state index in [0.717, 1.165) is 11.1 Å². The molecule has 31 heavy (non-hydrogen) atoms. The summed E-state index contributed by atoms with van der Waals surface area (Å²) in [4.78, 5) is 33.7. The number of nitrogens with zero attached hydrogens (tertiary/aromatic N) is 3. The summed E-state index contributed by atoms with van der Waals surface area (Å²) < 4.78 is 5.93. The summed E-state index contributed by atoms with van der Waals surface area (Å²) in [7, 11) is 1.80. The second-order valence-electron chi connectivity index (χ2n) is 7.92. The molecule has 0 spiro atoms. The fourth-order valence-corrected chi connectivity index (χ4v) is 4.37. The van der Waals surface area contributed by atoms with E-state index in [0.29, 0.717) is 31.9 Å². The zero-order chi connectivity index (χ0) is 21.8. The van der Waals surface area contributed by atoms with Crippen LogP contribution in [0.1, 0.15) is 12.0 Å². The summed E-state index contributed by atoms with van der Waals surface area (Å²) in [5.41, 5.74) is 3.91. The van der Waals surface area contributed by atoms with Crippen molar-refractivity contribution in [3.8, 4) is 5.88 Å². The van der Waals surface area contributed by atoms with E-state index in [4.69, 9.17) is 4.74 Å². The van der Waals surface area contributed by atoms with Crippen molar-refractivity contribution in [2.24, 2.45) is 5.92 Å². The number of hydrogen-bond donors (Lipinski definition) is 2. The van der Waals surface area contributed by atoms with E-state index in [1.165, 1.54) is 0 Å². The Bertz CT molecular complexity index is 951. The van der Waals surface area contributed by atoms with Gasteiger partial charge in [0.1, 0.15) is 12.1 Å². The number of likely N-dealkylation sites (N-methyl/N-ethyl adjacent to an activating group) is 1. The van der Waals surface area contributed by atoms with Crippen LogP contribution in [0.2, 0.25) is 0 Å². The average molecular weight is 422 g/mol. The Morgan fingerprint density at radius 1 is 1.16 bits per heavy atom. The lowest BCUT2D eigenvalue weighted by molar-refractivity contribution is -0.150. The van der Waals surface area contributed by atoms with Crippen LogP contribution in [0.25, 0.3) is 5.57 Å². The van der Waals surface area contributed by atoms with Crippen LogP contribution in [0.3, 0.4) is 0 Å². The standard InChI is InChI=1S/C23H26N4O4/c1-26-15-18(31-20-9-5-6-11-24-20)13-19(22(28)25-30)21(26)23(29)27-12-10-17(14-27)16-7-3-2-4-8-16/h2-11,18-19,21,30H,12-15H2,1H3,(H,25,28). The van der Waals surface area contributed by atoms with Gasteiger partial charge < -0.3 is 9.64 Å². The molecule has 0 radical (unpaired) electrons. The minimum atomic E-state index is -0.745. The number of likely N-dealkylation sites (tertiary alicyclic amines) is 1. The number of carbonyl (C=O) groups excluding carboxylic acids is 2. The summed E-state index contributed by atoms with van der Waals surface area (Å²) in [5.74, 6) is -1.000. The lowest BCUT2D eigenvalue weighted by Crippen LogP contribution is -2.60. The van der Waals surface area contributed by atoms with E-state index in [-0.39, 0.29) is 12.0 Å². The molecule has 1 fully saturated rings. The molecular weight excluding hydrogens is 396 g/mol. The highest BCUT2D eigenvalue weighted by molar-refractivity contribution is 5.91. The van der Waals surface area contributed by atoms with Crippen LogP contribution < -0.4 is 10.2 Å². The van der Waals surface area contributed by atoms with Gasteiger partial charge in [0.15, 0.2) is 0 Å². The number of aromatic nitrogens is 1. The molecule has 2 aliphatic rings. The second kappa shape index (κ2) is 9.28. The maximum atomic E-state index is 13.4. The molecule has 0 bridgehead atoms. The first-order valence-corrected chi connectivity index (χ1v) is 10.3. The molecular formula is C23H26N4O4. The Labute approximate surface area is 181 Å². The predicted octanol–water partition coefficient (Wildman–Crippen LogP) is 1.58. The van der Waals surface area contributed by atoms with Crippen molar-refractivity contribution in [3.05, 3.63) is 66.4 Å². The maximum absolute atomic E-state index is 13.4. The van der Waals surface area contributed by atoms with E-state index < -0.39 is 17.9 Å². The van der Waals surface area contributed by atoms with Gasteiger partial charge in [0, 0.05) is 31.9 Å². The number of hydroxylamine groups is 1. The van der Waals surface area contributed by atoms with Crippen molar-refractivity contribution in [1.29, 1.82) is 0 Å². The Hall–Kier alpha value is -3.23. The second-order valence-corrected chi connectivity index (χ2v) is 7.92. The van der Waals surface area contributed by atoms with E-state index >= 15 is 0 Å². The number of hydrogen-bond acceptors (Lipinski definition) is 6. The molecule has 2 aliphatic heterocycles. The van der Waals surface area contributed by atoms with Crippen LogP contribution in [-0.2, 0) is 9.59 Å². The van der Waals surface area contributed by atoms with Crippen molar-refractivity contribution in [2.75, 3.05) is 26.7 Å². The van der Waals surface area contributed by atoms with Crippen LogP contribution in [0.4, 0.5) is 0 Å². The van der Waals surface area contributed by atoms with E-state index in [1.54, 1.807) is 35.8 Å². The lowest BCUT2D eigenvalue weighted by atomic mass is 9.86. The summed E-state index contributed by atoms with van der Waals surface area (Å²) in [6.45, 7) is 1.46. The van der Waals surface area contributed by atoms with Crippen molar-refractivity contribution in [2.45, 2.75) is 18.6 Å². The fourth-order valence-electron chi connectivity index (χ4n) is 4.37. The number of ether oxygens (including phenoxy) is 1. The number of rotatable bonds is 5. The molecule has 8 heteroatoms. The van der Waals surface area contributed by atoms with Crippen LogP contribution in [0.15, 0.2) is 60.8 Å². The molecule has 0 aliphatic carbocycles. The normalized spacial score (nSPS) is 23.9. The van der Waals surface area contributed by atoms with Crippen LogP contribution in [0, 0.1) is 5.92 Å². The molecule has 0 saturated carbocycles. The first-order chi connectivity index (χ1) is 15.1. The molecule has 8 nitrogen and oxygen atoms in total. The van der Waals surface area contributed by atoms with E-state index in [1.807, 2.05) is 47.4 Å². The molecule has 1 aromatic carbocycles. The molecule has 1 saturated heterocycles. The van der Waals surface area contributed by atoms with Gasteiger partial charge in [0.2, 0.25) is 17.7 Å². The van der Waals surface area contributed by atoms with E-state index in [2.05, 4.69) is 4.98 Å². The quantitative estimate of drug-likeness (QED) is 0.561. The van der Waals surface area contributed by atoms with Crippen molar-refractivity contribution in [3.63, 3.8) is 0 Å². The van der Waals surface area contributed by atoms with Gasteiger partial charge in [0.05, 0.1) is 5.92 Å². The molecule has 1 aromatic heterocycles. The first kappa shape index (κ1) is 21.0. The molecule has 3 heterocycles. The minimum Gasteiger partial charge on any atom is -0.473 e. The van der Waals surface area contributed by atoms with Gasteiger partial charge in [-0.25, -0.2) is 10.5 Å². The molecule has 3 atom stereocenters. The predicted molar refractivity (Wildman–Crippen MR) is 114 cm³/mol. The van der Waals surface area contributed by atoms with Crippen molar-refractivity contribution >= 4 is 17.4 Å². The number of benzene rings is 1. The van der Waals surface area contributed by atoms with Crippen molar-refractivity contribution < 1.29 is 19.5 Å². The Kier molecular flexibility index (Phi) is 6.29. The lowest BCUT2D eigenvalue weighted by Gasteiger charge is -2.41. The maximum Gasteiger partial charge on any atom is 0.248 e. The molecule has 3 unspecified atom stereocenters. The van der Waals surface area contributed by atoms with Gasteiger partial charge in [-0.2, -0.15) is 0 Å². The SMILES string of the molecule is CN1CC(Oc2ccccn2)CC(C(=O)NO)C1C(=O)N1CC=C(c2ccccc2)C1. The number of amides is 2. The Morgan fingerprint density at radius 2 is 1.94 bits per heavy atom. The molecule has 2 N–H and O–H groups in total. The van der Waals surface area contributed by atoms with E-state index in [9.17, 15) is 14.8 Å². The van der Waals surface area contributed by atoms with Gasteiger partial charge in [0.25, 0.3) is 0 Å². The smallest absolute Gasteiger partial charge is 0.248 e. The molecule has 2 aromatic rings. The highest BCUT2D eigenvalue weighted by Gasteiger charge is 2.45. The van der Waals surface area contributed by atoms with Crippen molar-refractivity contribution in [1.82, 2.24) is 20.3 Å². The highest BCUT2D eigenvalue weighted by Crippen LogP contribution is 2.29. The molecule has 2 amide bonds. The summed E-state index contributed by atoms with van der Waals surface area (Å²) in [6, 6.07) is 14.6. The largest absolute Gasteiger partial charge is 0.473 e. The highest BCUT2D eigenvalue weighted by atomic mass is 16.5. The third-order valence-corrected chi connectivity index (χ3v) is 5.87. The third kappa shape index (κ3) is 4.60. The summed E-state index contributed by atoms with van der Waals surface area (Å²) in [5, 5.41) is 9.30. The average Bonchev–Trinajstić information content (AvgIpc) is 3.29. The van der Waals surface area contributed by atoms with Gasteiger partial charge in [-0.15, -0.1) is 0 Å². The van der Waals surface area contributed by atoms with Crippen LogP contribution in [-0.4, -0.2) is 70.6 Å². The minimum absolute atomic E-state index is 0.130. The number of piperidine rings is 1. The zero-order valence-corrected chi connectivity index (χ0v) is 17.3. The van der Waals surface area contributed by atoms with Crippen LogP contribution in [0.5, 0.6) is 5.88 Å². The van der Waals surface area contributed by atoms with Gasteiger partial charge in [-0.3, -0.25) is 19.7 Å². The topological polar surface area (TPSA) is 95.0 Å². The van der Waals surface area contributed by atoms with Crippen LogP contribution >= 0.6 is 0 Å². The Morgan fingerprint density at radius 3 is 2.65 bits per heavy atom. The summed E-state index contributed by atoms with van der Waals surface area (Å²) >= 11 is 0. The molecule has 162 valence electrons. The zero-order valence-electron chi connectivity index (χ0n) is 17.3. The monoisotopic (exact) mass is 422 g/mol. The molecule has 4 rings (SSSR count). The summed E-state index contributed by atoms with van der Waals surface area (Å²) in [6.07, 6.45) is 3.65. The van der Waals surface area contributed by atoms with Gasteiger partial charge in [-0.1, -0.05) is 42.5 Å². The third-order valence-electron chi connectivity index (χ3n) is 5.87. The number of carbonyl (C=O) groups is 2. The first-order valence-electron chi connectivity index (χ1n) is 10.3. The number of pyridine rings is 1. The Balaban J connectivity index is 1.47. The fraction of sp³-hybridized carbons (Fsp3) is 0.348. The van der Waals surface area contributed by atoms with Gasteiger partial charge >= 0.3 is 0 Å². The number of nitrogens with one attached hydrogen (secondary N) is 1. The van der Waals surface area contributed by atoms with Gasteiger partial charge in [-0.05, 0) is 30.7 Å².